The summed E-state index contributed by atoms with van der Waals surface area (Å²) in [6.07, 6.45) is 10.4. The van der Waals surface area contributed by atoms with Crippen LogP contribution in [-0.2, 0) is 10.2 Å². The van der Waals surface area contributed by atoms with Crippen LogP contribution in [-0.4, -0.2) is 46.1 Å². The van der Waals surface area contributed by atoms with E-state index in [0.29, 0.717) is 11.5 Å². The molecule has 0 amide bonds. The Bertz CT molecular complexity index is 1270. The SMILES string of the molecule is COCC12CC(C1)N(c1cc(-n3ncc4ccc(C5(C#N)CC6(CC6)C5)cc43)ncn1)C2. The summed E-state index contributed by atoms with van der Waals surface area (Å²) in [4.78, 5) is 11.5. The van der Waals surface area contributed by atoms with Crippen molar-refractivity contribution in [3.8, 4) is 11.9 Å². The van der Waals surface area contributed by atoms with Crippen LogP contribution in [0, 0.1) is 22.2 Å². The molecule has 162 valence electrons. The molecule has 8 rings (SSSR count). The Balaban J connectivity index is 1.23. The second-order valence-electron chi connectivity index (χ2n) is 10.7. The number of anilines is 1. The van der Waals surface area contributed by atoms with Gasteiger partial charge in [0.15, 0.2) is 5.82 Å². The number of nitrogens with zero attached hydrogens (tertiary/aromatic N) is 6. The van der Waals surface area contributed by atoms with Crippen molar-refractivity contribution in [2.24, 2.45) is 10.8 Å². The summed E-state index contributed by atoms with van der Waals surface area (Å²) in [6, 6.07) is 11.6. The number of rotatable bonds is 5. The van der Waals surface area contributed by atoms with Crippen LogP contribution in [0.2, 0.25) is 0 Å². The van der Waals surface area contributed by atoms with E-state index in [1.165, 1.54) is 25.7 Å². The number of ether oxygens (including phenoxy) is 1. The number of aromatic nitrogens is 4. The van der Waals surface area contributed by atoms with Crippen molar-refractivity contribution in [1.29, 1.82) is 5.26 Å². The van der Waals surface area contributed by atoms with Crippen molar-refractivity contribution in [1.82, 2.24) is 19.7 Å². The third-order valence-electron chi connectivity index (χ3n) is 8.53. The molecule has 0 atom stereocenters. The van der Waals surface area contributed by atoms with Crippen LogP contribution < -0.4 is 4.90 Å². The maximum Gasteiger partial charge on any atom is 0.159 e. The van der Waals surface area contributed by atoms with Crippen LogP contribution in [0.25, 0.3) is 16.7 Å². The van der Waals surface area contributed by atoms with Gasteiger partial charge in [-0.2, -0.15) is 10.4 Å². The molecule has 2 aliphatic heterocycles. The highest BCUT2D eigenvalue weighted by molar-refractivity contribution is 5.81. The molecule has 1 spiro atoms. The first-order valence-electron chi connectivity index (χ1n) is 11.5. The predicted octanol–water partition coefficient (Wildman–Crippen LogP) is 3.77. The van der Waals surface area contributed by atoms with E-state index in [-0.39, 0.29) is 10.8 Å². The summed E-state index contributed by atoms with van der Waals surface area (Å²) < 4.78 is 7.36. The van der Waals surface area contributed by atoms with E-state index < -0.39 is 0 Å². The largest absolute Gasteiger partial charge is 0.384 e. The average Bonchev–Trinajstić information content (AvgIpc) is 3.13. The summed E-state index contributed by atoms with van der Waals surface area (Å²) in [7, 11) is 1.79. The summed E-state index contributed by atoms with van der Waals surface area (Å²) in [6.45, 7) is 1.80. The van der Waals surface area contributed by atoms with Gasteiger partial charge in [0, 0.05) is 36.6 Å². The maximum atomic E-state index is 10.00. The molecular weight excluding hydrogens is 400 g/mol. The van der Waals surface area contributed by atoms with E-state index in [4.69, 9.17) is 4.74 Å². The zero-order chi connectivity index (χ0) is 21.6. The fraction of sp³-hybridized carbons (Fsp3) is 0.520. The van der Waals surface area contributed by atoms with Gasteiger partial charge < -0.3 is 9.64 Å². The number of hydrogen-bond donors (Lipinski definition) is 0. The lowest BCUT2D eigenvalue weighted by atomic mass is 9.57. The lowest BCUT2D eigenvalue weighted by Gasteiger charge is -2.44. The summed E-state index contributed by atoms with van der Waals surface area (Å²) >= 11 is 0. The number of benzene rings is 1. The highest BCUT2D eigenvalue weighted by Crippen LogP contribution is 2.68. The third-order valence-corrected chi connectivity index (χ3v) is 8.53. The van der Waals surface area contributed by atoms with Crippen LogP contribution >= 0.6 is 0 Å². The smallest absolute Gasteiger partial charge is 0.159 e. The standard InChI is InChI=1S/C25H26N6O/c1-32-15-24-8-19(9-24)30(14-24)21-7-22(28-16-27-21)31-20-6-18(3-2-17(20)10-29-31)25(13-26)11-23(12-25)4-5-23/h2-3,6-7,10,16,19H,4-5,8-9,11-12,14-15H2,1H3. The van der Waals surface area contributed by atoms with E-state index in [1.54, 1.807) is 13.4 Å². The molecule has 5 fully saturated rings. The zero-order valence-corrected chi connectivity index (χ0v) is 18.3. The Morgan fingerprint density at radius 1 is 1.16 bits per heavy atom. The molecule has 0 unspecified atom stereocenters. The molecule has 5 aliphatic rings. The van der Waals surface area contributed by atoms with Gasteiger partial charge in [0.2, 0.25) is 0 Å². The molecular formula is C25H26N6O. The Kier molecular flexibility index (Phi) is 3.53. The number of hydrogen-bond acceptors (Lipinski definition) is 6. The van der Waals surface area contributed by atoms with Crippen molar-refractivity contribution in [3.05, 3.63) is 42.4 Å². The van der Waals surface area contributed by atoms with Gasteiger partial charge in [0.25, 0.3) is 0 Å². The number of methoxy groups -OCH3 is 1. The zero-order valence-electron chi connectivity index (χ0n) is 18.3. The Morgan fingerprint density at radius 3 is 2.72 bits per heavy atom. The molecule has 3 aliphatic carbocycles. The first-order valence-corrected chi connectivity index (χ1v) is 11.5. The molecule has 1 aromatic carbocycles. The fourth-order valence-corrected chi connectivity index (χ4v) is 6.73. The van der Waals surface area contributed by atoms with Crippen LogP contribution in [0.1, 0.15) is 44.1 Å². The Morgan fingerprint density at radius 2 is 1.97 bits per heavy atom. The van der Waals surface area contributed by atoms with Crippen molar-refractivity contribution >= 4 is 16.7 Å². The molecule has 0 radical (unpaired) electrons. The average molecular weight is 427 g/mol. The monoisotopic (exact) mass is 426 g/mol. The Labute approximate surface area is 187 Å². The van der Waals surface area contributed by atoms with Gasteiger partial charge in [-0.05, 0) is 55.6 Å². The highest BCUT2D eigenvalue weighted by atomic mass is 16.5. The quantitative estimate of drug-likeness (QED) is 0.618. The minimum atomic E-state index is -0.344. The molecule has 2 bridgehead atoms. The molecule has 7 nitrogen and oxygen atoms in total. The summed E-state index contributed by atoms with van der Waals surface area (Å²) in [5.74, 6) is 1.73. The van der Waals surface area contributed by atoms with Gasteiger partial charge in [-0.15, -0.1) is 0 Å². The molecule has 2 aromatic heterocycles. The van der Waals surface area contributed by atoms with E-state index in [0.717, 1.165) is 54.1 Å². The Hall–Kier alpha value is -2.98. The van der Waals surface area contributed by atoms with Crippen LogP contribution in [0.15, 0.2) is 36.8 Å². The molecule has 3 saturated carbocycles. The van der Waals surface area contributed by atoms with Gasteiger partial charge >= 0.3 is 0 Å². The first kappa shape index (κ1) is 18.6. The lowest BCUT2D eigenvalue weighted by Crippen LogP contribution is -2.41. The number of fused-ring (bicyclic) bond motifs is 2. The van der Waals surface area contributed by atoms with Gasteiger partial charge in [0.05, 0.1) is 29.8 Å². The van der Waals surface area contributed by atoms with E-state index in [2.05, 4.69) is 44.2 Å². The molecule has 32 heavy (non-hydrogen) atoms. The molecule has 0 N–H and O–H groups in total. The minimum Gasteiger partial charge on any atom is -0.384 e. The summed E-state index contributed by atoms with van der Waals surface area (Å²) in [5.41, 5.74) is 2.51. The first-order chi connectivity index (χ1) is 15.6. The van der Waals surface area contributed by atoms with Gasteiger partial charge in [-0.1, -0.05) is 12.1 Å². The maximum absolute atomic E-state index is 10.00. The fourth-order valence-electron chi connectivity index (χ4n) is 6.73. The van der Waals surface area contributed by atoms with Crippen molar-refractivity contribution < 1.29 is 4.74 Å². The van der Waals surface area contributed by atoms with E-state index in [9.17, 15) is 5.26 Å². The minimum absolute atomic E-state index is 0.283. The second-order valence-corrected chi connectivity index (χ2v) is 10.7. The highest BCUT2D eigenvalue weighted by Gasteiger charge is 2.62. The van der Waals surface area contributed by atoms with Crippen LogP contribution in [0.5, 0.6) is 0 Å². The molecule has 3 aromatic rings. The predicted molar refractivity (Wildman–Crippen MR) is 120 cm³/mol. The van der Waals surface area contributed by atoms with Crippen molar-refractivity contribution in [2.45, 2.75) is 50.0 Å². The summed E-state index contributed by atoms with van der Waals surface area (Å²) in [5, 5.41) is 15.7. The molecule has 4 heterocycles. The van der Waals surface area contributed by atoms with Gasteiger partial charge in [-0.25, -0.2) is 14.6 Å². The van der Waals surface area contributed by atoms with Crippen molar-refractivity contribution in [3.63, 3.8) is 0 Å². The molecule has 2 saturated heterocycles. The van der Waals surface area contributed by atoms with Gasteiger partial charge in [-0.3, -0.25) is 0 Å². The van der Waals surface area contributed by atoms with Crippen molar-refractivity contribution in [2.75, 3.05) is 25.2 Å². The topological polar surface area (TPSA) is 79.9 Å². The lowest BCUT2D eigenvalue weighted by molar-refractivity contribution is 0.0521. The molecule has 7 heteroatoms. The van der Waals surface area contributed by atoms with Crippen LogP contribution in [0.4, 0.5) is 5.82 Å². The van der Waals surface area contributed by atoms with E-state index >= 15 is 0 Å². The third kappa shape index (κ3) is 2.47. The second kappa shape index (κ2) is 6.08. The van der Waals surface area contributed by atoms with E-state index in [1.807, 2.05) is 16.9 Å². The number of nitriles is 1. The normalized spacial score (nSPS) is 28.4. The van der Waals surface area contributed by atoms with Gasteiger partial charge in [0.1, 0.15) is 12.1 Å². The van der Waals surface area contributed by atoms with Crippen LogP contribution in [0.3, 0.4) is 0 Å².